The predicted octanol–water partition coefficient (Wildman–Crippen LogP) is 0.824. The Labute approximate surface area is 105 Å². The molecule has 1 aromatic rings. The Morgan fingerprint density at radius 3 is 2.83 bits per heavy atom. The molecular formula is C11H17N3O4. The van der Waals surface area contributed by atoms with Crippen molar-refractivity contribution in [3.63, 3.8) is 0 Å². The molecule has 0 aromatic carbocycles. The second-order valence-corrected chi connectivity index (χ2v) is 4.19. The highest BCUT2D eigenvalue weighted by atomic mass is 16.6. The molecule has 7 heteroatoms. The van der Waals surface area contributed by atoms with Gasteiger partial charge in [0.25, 0.3) is 11.6 Å². The number of aryl methyl sites for hydroxylation is 1. The van der Waals surface area contributed by atoms with Gasteiger partial charge < -0.3 is 15.0 Å². The van der Waals surface area contributed by atoms with Gasteiger partial charge in [0.15, 0.2) is 0 Å². The molecule has 1 unspecified atom stereocenters. The normalized spacial score (nSPS) is 12.2. The number of carbonyl (C=O) groups is 1. The highest BCUT2D eigenvalue weighted by Gasteiger charge is 2.18. The molecule has 0 saturated heterocycles. The first kappa shape index (κ1) is 14.2. The van der Waals surface area contributed by atoms with E-state index in [-0.39, 0.29) is 29.9 Å². The van der Waals surface area contributed by atoms with Crippen molar-refractivity contribution in [2.45, 2.75) is 25.8 Å². The average molecular weight is 255 g/mol. The molecule has 0 fully saturated rings. The lowest BCUT2D eigenvalue weighted by molar-refractivity contribution is -0.384. The number of hydrogen-bond acceptors (Lipinski definition) is 4. The molecule has 18 heavy (non-hydrogen) atoms. The van der Waals surface area contributed by atoms with Crippen molar-refractivity contribution in [1.82, 2.24) is 9.88 Å². The maximum absolute atomic E-state index is 11.9. The summed E-state index contributed by atoms with van der Waals surface area (Å²) in [6.45, 7) is 1.90. The quantitative estimate of drug-likeness (QED) is 0.581. The number of amides is 1. The van der Waals surface area contributed by atoms with Crippen LogP contribution in [0.4, 0.5) is 5.69 Å². The Hall–Kier alpha value is -1.89. The number of aliphatic hydroxyl groups is 1. The van der Waals surface area contributed by atoms with Crippen molar-refractivity contribution in [2.24, 2.45) is 7.05 Å². The van der Waals surface area contributed by atoms with Gasteiger partial charge in [0, 0.05) is 25.8 Å². The number of aromatic nitrogens is 1. The zero-order valence-corrected chi connectivity index (χ0v) is 10.4. The third-order valence-electron chi connectivity index (χ3n) is 2.61. The topological polar surface area (TPSA) is 97.4 Å². The Bertz CT molecular complexity index is 441. The van der Waals surface area contributed by atoms with Gasteiger partial charge in [-0.3, -0.25) is 14.9 Å². The van der Waals surface area contributed by atoms with Gasteiger partial charge in [0.2, 0.25) is 0 Å². The van der Waals surface area contributed by atoms with Crippen molar-refractivity contribution in [1.29, 1.82) is 0 Å². The van der Waals surface area contributed by atoms with E-state index < -0.39 is 4.92 Å². The van der Waals surface area contributed by atoms with E-state index in [1.54, 1.807) is 7.05 Å². The first-order valence-corrected chi connectivity index (χ1v) is 5.68. The van der Waals surface area contributed by atoms with Gasteiger partial charge in [0.1, 0.15) is 5.69 Å². The van der Waals surface area contributed by atoms with E-state index in [2.05, 4.69) is 5.32 Å². The van der Waals surface area contributed by atoms with E-state index in [9.17, 15) is 14.9 Å². The van der Waals surface area contributed by atoms with Crippen LogP contribution in [-0.4, -0.2) is 33.2 Å². The van der Waals surface area contributed by atoms with Gasteiger partial charge in [-0.25, -0.2) is 0 Å². The zero-order valence-electron chi connectivity index (χ0n) is 10.4. The van der Waals surface area contributed by atoms with Crippen molar-refractivity contribution < 1.29 is 14.8 Å². The Kier molecular flexibility index (Phi) is 4.85. The van der Waals surface area contributed by atoms with Gasteiger partial charge in [-0.05, 0) is 19.8 Å². The Morgan fingerprint density at radius 1 is 1.67 bits per heavy atom. The van der Waals surface area contributed by atoms with E-state index in [0.29, 0.717) is 12.8 Å². The minimum atomic E-state index is -0.536. The van der Waals surface area contributed by atoms with E-state index in [1.165, 1.54) is 16.8 Å². The summed E-state index contributed by atoms with van der Waals surface area (Å²) >= 11 is 0. The molecule has 1 atom stereocenters. The molecule has 0 bridgehead atoms. The van der Waals surface area contributed by atoms with Crippen LogP contribution in [0.2, 0.25) is 0 Å². The van der Waals surface area contributed by atoms with Crippen LogP contribution in [0.1, 0.15) is 30.3 Å². The first-order valence-electron chi connectivity index (χ1n) is 5.68. The number of carbonyl (C=O) groups excluding carboxylic acids is 1. The fourth-order valence-corrected chi connectivity index (χ4v) is 1.64. The molecule has 2 N–H and O–H groups in total. The van der Waals surface area contributed by atoms with Gasteiger partial charge in [-0.1, -0.05) is 0 Å². The molecule has 1 heterocycles. The smallest absolute Gasteiger partial charge is 0.287 e. The minimum Gasteiger partial charge on any atom is -0.396 e. The summed E-state index contributed by atoms with van der Waals surface area (Å²) in [5.41, 5.74) is 0.142. The fraction of sp³-hybridized carbons (Fsp3) is 0.545. The van der Waals surface area contributed by atoms with Crippen molar-refractivity contribution >= 4 is 11.6 Å². The minimum absolute atomic E-state index is 0.0792. The zero-order chi connectivity index (χ0) is 13.7. The predicted molar refractivity (Wildman–Crippen MR) is 65.3 cm³/mol. The summed E-state index contributed by atoms with van der Waals surface area (Å²) in [4.78, 5) is 21.9. The summed E-state index contributed by atoms with van der Waals surface area (Å²) in [7, 11) is 1.58. The van der Waals surface area contributed by atoms with E-state index in [0.717, 1.165) is 0 Å². The van der Waals surface area contributed by atoms with Gasteiger partial charge in [0.05, 0.1) is 11.1 Å². The average Bonchev–Trinajstić information content (AvgIpc) is 2.68. The lowest BCUT2D eigenvalue weighted by Gasteiger charge is -2.13. The monoisotopic (exact) mass is 255 g/mol. The first-order chi connectivity index (χ1) is 8.45. The highest BCUT2D eigenvalue weighted by molar-refractivity contribution is 5.93. The largest absolute Gasteiger partial charge is 0.396 e. The fourth-order valence-electron chi connectivity index (χ4n) is 1.64. The second kappa shape index (κ2) is 6.15. The summed E-state index contributed by atoms with van der Waals surface area (Å²) in [6, 6.07) is 1.16. The Balaban J connectivity index is 2.69. The summed E-state index contributed by atoms with van der Waals surface area (Å²) in [5, 5.41) is 22.0. The van der Waals surface area contributed by atoms with Crippen molar-refractivity contribution in [3.8, 4) is 0 Å². The molecule has 0 aliphatic heterocycles. The molecule has 1 aromatic heterocycles. The summed E-state index contributed by atoms with van der Waals surface area (Å²) in [6.07, 6.45) is 2.57. The number of rotatable bonds is 6. The number of nitrogens with one attached hydrogen (secondary N) is 1. The van der Waals surface area contributed by atoms with Gasteiger partial charge in [-0.15, -0.1) is 0 Å². The third kappa shape index (κ3) is 3.56. The number of hydrogen-bond donors (Lipinski definition) is 2. The van der Waals surface area contributed by atoms with Crippen LogP contribution in [0.15, 0.2) is 12.3 Å². The highest BCUT2D eigenvalue weighted by Crippen LogP contribution is 2.15. The molecule has 0 spiro atoms. The molecule has 1 rings (SSSR count). The number of nitrogens with zero attached hydrogens (tertiary/aromatic N) is 2. The summed E-state index contributed by atoms with van der Waals surface area (Å²) < 4.78 is 1.42. The molecule has 1 amide bonds. The molecular weight excluding hydrogens is 238 g/mol. The SMILES string of the molecule is CC(CCCO)NC(=O)c1cc([N+](=O)[O-])cn1C. The molecule has 0 aliphatic rings. The lowest BCUT2D eigenvalue weighted by atomic mass is 10.2. The van der Waals surface area contributed by atoms with Crippen LogP contribution >= 0.6 is 0 Å². The van der Waals surface area contributed by atoms with Crippen LogP contribution in [0.25, 0.3) is 0 Å². The van der Waals surface area contributed by atoms with Crippen LogP contribution < -0.4 is 5.32 Å². The maximum atomic E-state index is 11.9. The van der Waals surface area contributed by atoms with Crippen molar-refractivity contribution in [2.75, 3.05) is 6.61 Å². The lowest BCUT2D eigenvalue weighted by Crippen LogP contribution is -2.33. The molecule has 100 valence electrons. The van der Waals surface area contributed by atoms with Crippen molar-refractivity contribution in [3.05, 3.63) is 28.1 Å². The van der Waals surface area contributed by atoms with E-state index in [4.69, 9.17) is 5.11 Å². The second-order valence-electron chi connectivity index (χ2n) is 4.19. The van der Waals surface area contributed by atoms with Gasteiger partial charge >= 0.3 is 0 Å². The van der Waals surface area contributed by atoms with Gasteiger partial charge in [-0.2, -0.15) is 0 Å². The van der Waals surface area contributed by atoms with E-state index in [1.807, 2.05) is 6.92 Å². The molecule has 0 aliphatic carbocycles. The molecule has 7 nitrogen and oxygen atoms in total. The van der Waals surface area contributed by atoms with Crippen LogP contribution in [-0.2, 0) is 7.05 Å². The molecule has 0 saturated carbocycles. The molecule has 0 radical (unpaired) electrons. The standard InChI is InChI=1S/C11H17N3O4/c1-8(4-3-5-15)12-11(16)10-6-9(14(17)18)7-13(10)2/h6-8,15H,3-5H2,1-2H3,(H,12,16). The third-order valence-corrected chi connectivity index (χ3v) is 2.61. The number of aliphatic hydroxyl groups excluding tert-OH is 1. The number of nitro groups is 1. The maximum Gasteiger partial charge on any atom is 0.287 e. The van der Waals surface area contributed by atoms with Crippen LogP contribution in [0, 0.1) is 10.1 Å². The van der Waals surface area contributed by atoms with E-state index >= 15 is 0 Å². The van der Waals surface area contributed by atoms with Crippen LogP contribution in [0.5, 0.6) is 0 Å². The summed E-state index contributed by atoms with van der Waals surface area (Å²) in [5.74, 6) is -0.351. The Morgan fingerprint density at radius 2 is 2.33 bits per heavy atom. The van der Waals surface area contributed by atoms with Crippen LogP contribution in [0.3, 0.4) is 0 Å².